The summed E-state index contributed by atoms with van der Waals surface area (Å²) >= 11 is 0. The molecule has 0 spiro atoms. The van der Waals surface area contributed by atoms with Crippen LogP contribution in [0.5, 0.6) is 0 Å². The zero-order valence-electron chi connectivity index (χ0n) is 7.65. The molecular weight excluding hydrogens is 166 g/mol. The van der Waals surface area contributed by atoms with Crippen molar-refractivity contribution < 1.29 is 9.53 Å². The van der Waals surface area contributed by atoms with E-state index in [2.05, 4.69) is 9.72 Å². The number of methoxy groups -OCH3 is 1. The van der Waals surface area contributed by atoms with Crippen LogP contribution in [0.2, 0.25) is 0 Å². The number of pyridine rings is 1. The normalized spacial score (nSPS) is 10.3. The Labute approximate surface area is 77.1 Å². The molecule has 1 rings (SSSR count). The third-order valence-electron chi connectivity index (χ3n) is 1.55. The fourth-order valence-electron chi connectivity index (χ4n) is 0.810. The molecule has 0 saturated heterocycles. The predicted molar refractivity (Wildman–Crippen MR) is 50.0 cm³/mol. The van der Waals surface area contributed by atoms with Gasteiger partial charge in [0.2, 0.25) is 0 Å². The summed E-state index contributed by atoms with van der Waals surface area (Å²) in [5, 5.41) is 0. The van der Waals surface area contributed by atoms with Crippen molar-refractivity contribution in [1.29, 1.82) is 0 Å². The van der Waals surface area contributed by atoms with Crippen LogP contribution in [0.3, 0.4) is 0 Å². The number of carbonyl (C=O) groups excluding carboxylic acids is 1. The number of esters is 1. The Balaban J connectivity index is 2.69. The van der Waals surface area contributed by atoms with Crippen molar-refractivity contribution in [3.8, 4) is 0 Å². The van der Waals surface area contributed by atoms with Gasteiger partial charge in [-0.25, -0.2) is 4.79 Å². The summed E-state index contributed by atoms with van der Waals surface area (Å²) < 4.78 is 4.45. The number of carbonyl (C=O) groups is 1. The van der Waals surface area contributed by atoms with Crippen LogP contribution in [0.25, 0.3) is 6.08 Å². The highest BCUT2D eigenvalue weighted by Gasteiger charge is 1.91. The maximum Gasteiger partial charge on any atom is 0.330 e. The predicted octanol–water partition coefficient (Wildman–Crippen LogP) is 1.58. The second-order valence-corrected chi connectivity index (χ2v) is 2.59. The topological polar surface area (TPSA) is 39.2 Å². The van der Waals surface area contributed by atoms with Crippen molar-refractivity contribution in [2.45, 2.75) is 6.92 Å². The molecule has 0 aliphatic heterocycles. The fraction of sp³-hybridized carbons (Fsp3) is 0.200. The van der Waals surface area contributed by atoms with Crippen molar-refractivity contribution in [2.75, 3.05) is 7.11 Å². The van der Waals surface area contributed by atoms with E-state index in [1.165, 1.54) is 13.2 Å². The van der Waals surface area contributed by atoms with Crippen molar-refractivity contribution >= 4 is 12.0 Å². The molecule has 0 aromatic carbocycles. The minimum Gasteiger partial charge on any atom is -0.466 e. The van der Waals surface area contributed by atoms with Crippen molar-refractivity contribution in [2.24, 2.45) is 0 Å². The number of ether oxygens (including phenoxy) is 1. The Hall–Kier alpha value is -1.64. The third kappa shape index (κ3) is 3.07. The Kier molecular flexibility index (Phi) is 3.20. The highest BCUT2D eigenvalue weighted by atomic mass is 16.5. The highest BCUT2D eigenvalue weighted by Crippen LogP contribution is 2.01. The average Bonchev–Trinajstić information content (AvgIpc) is 2.16. The summed E-state index contributed by atoms with van der Waals surface area (Å²) in [5.74, 6) is -0.361. The lowest BCUT2D eigenvalue weighted by atomic mass is 10.2. The molecule has 0 radical (unpaired) electrons. The first-order valence-electron chi connectivity index (χ1n) is 3.91. The molecule has 0 atom stereocenters. The van der Waals surface area contributed by atoms with Gasteiger partial charge in [-0.15, -0.1) is 0 Å². The van der Waals surface area contributed by atoms with Crippen molar-refractivity contribution in [1.82, 2.24) is 4.98 Å². The molecule has 0 N–H and O–H groups in total. The van der Waals surface area contributed by atoms with Crippen LogP contribution in [-0.4, -0.2) is 18.1 Å². The Morgan fingerprint density at radius 3 is 2.85 bits per heavy atom. The minimum absolute atomic E-state index is 0.361. The SMILES string of the molecule is COC(=O)/C=C/c1ccc(C)nc1. The van der Waals surface area contributed by atoms with E-state index in [1.807, 2.05) is 19.1 Å². The molecule has 0 bridgehead atoms. The second kappa shape index (κ2) is 4.40. The number of nitrogens with zero attached hydrogens (tertiary/aromatic N) is 1. The molecule has 0 amide bonds. The van der Waals surface area contributed by atoms with E-state index >= 15 is 0 Å². The van der Waals surface area contributed by atoms with Gasteiger partial charge in [0.25, 0.3) is 0 Å². The number of rotatable bonds is 2. The lowest BCUT2D eigenvalue weighted by Crippen LogP contribution is -1.93. The molecule has 68 valence electrons. The molecule has 0 unspecified atom stereocenters. The van der Waals surface area contributed by atoms with Crippen LogP contribution >= 0.6 is 0 Å². The van der Waals surface area contributed by atoms with E-state index in [9.17, 15) is 4.79 Å². The lowest BCUT2D eigenvalue weighted by molar-refractivity contribution is -0.134. The Bertz CT molecular complexity index is 314. The van der Waals surface area contributed by atoms with Gasteiger partial charge in [-0.05, 0) is 24.6 Å². The van der Waals surface area contributed by atoms with Crippen LogP contribution in [0.1, 0.15) is 11.3 Å². The summed E-state index contributed by atoms with van der Waals surface area (Å²) in [6.45, 7) is 1.91. The first kappa shape index (κ1) is 9.45. The quantitative estimate of drug-likeness (QED) is 0.508. The van der Waals surface area contributed by atoms with Crippen LogP contribution in [0, 0.1) is 6.92 Å². The maximum atomic E-state index is 10.7. The largest absolute Gasteiger partial charge is 0.466 e. The molecule has 1 aromatic heterocycles. The van der Waals surface area contributed by atoms with Gasteiger partial charge >= 0.3 is 5.97 Å². The van der Waals surface area contributed by atoms with Gasteiger partial charge < -0.3 is 4.74 Å². The van der Waals surface area contributed by atoms with E-state index in [0.717, 1.165) is 11.3 Å². The smallest absolute Gasteiger partial charge is 0.330 e. The molecular formula is C10H11NO2. The average molecular weight is 177 g/mol. The van der Waals surface area contributed by atoms with Gasteiger partial charge in [-0.2, -0.15) is 0 Å². The van der Waals surface area contributed by atoms with Gasteiger partial charge in [-0.1, -0.05) is 6.07 Å². The molecule has 0 aliphatic carbocycles. The molecule has 1 heterocycles. The number of aryl methyl sites for hydroxylation is 1. The zero-order valence-corrected chi connectivity index (χ0v) is 7.65. The van der Waals surface area contributed by atoms with E-state index in [0.29, 0.717) is 0 Å². The Morgan fingerprint density at radius 2 is 2.31 bits per heavy atom. The van der Waals surface area contributed by atoms with Gasteiger partial charge in [0.1, 0.15) is 0 Å². The summed E-state index contributed by atoms with van der Waals surface area (Å²) in [6, 6.07) is 3.78. The van der Waals surface area contributed by atoms with Gasteiger partial charge in [-0.3, -0.25) is 4.98 Å². The van der Waals surface area contributed by atoms with E-state index < -0.39 is 0 Å². The molecule has 3 heteroatoms. The summed E-state index contributed by atoms with van der Waals surface area (Å²) in [7, 11) is 1.35. The monoisotopic (exact) mass is 177 g/mol. The second-order valence-electron chi connectivity index (χ2n) is 2.59. The molecule has 0 aliphatic rings. The maximum absolute atomic E-state index is 10.7. The molecule has 0 fully saturated rings. The summed E-state index contributed by atoms with van der Waals surface area (Å²) in [4.78, 5) is 14.8. The van der Waals surface area contributed by atoms with Crippen LogP contribution in [0.15, 0.2) is 24.4 Å². The number of aromatic nitrogens is 1. The van der Waals surface area contributed by atoms with Crippen LogP contribution in [0.4, 0.5) is 0 Å². The van der Waals surface area contributed by atoms with E-state index in [1.54, 1.807) is 12.3 Å². The fourth-order valence-corrected chi connectivity index (χ4v) is 0.810. The van der Waals surface area contributed by atoms with E-state index in [-0.39, 0.29) is 5.97 Å². The molecule has 0 saturated carbocycles. The van der Waals surface area contributed by atoms with Crippen molar-refractivity contribution in [3.05, 3.63) is 35.7 Å². The first-order valence-corrected chi connectivity index (χ1v) is 3.91. The minimum atomic E-state index is -0.361. The third-order valence-corrected chi connectivity index (χ3v) is 1.55. The van der Waals surface area contributed by atoms with Crippen molar-refractivity contribution in [3.63, 3.8) is 0 Å². The van der Waals surface area contributed by atoms with Gasteiger partial charge in [0.05, 0.1) is 7.11 Å². The summed E-state index contributed by atoms with van der Waals surface area (Å²) in [6.07, 6.45) is 4.74. The number of hydrogen-bond donors (Lipinski definition) is 0. The summed E-state index contributed by atoms with van der Waals surface area (Å²) in [5.41, 5.74) is 1.84. The lowest BCUT2D eigenvalue weighted by Gasteiger charge is -1.93. The van der Waals surface area contributed by atoms with Crippen LogP contribution < -0.4 is 0 Å². The molecule has 3 nitrogen and oxygen atoms in total. The van der Waals surface area contributed by atoms with Gasteiger partial charge in [0, 0.05) is 18.0 Å². The highest BCUT2D eigenvalue weighted by molar-refractivity contribution is 5.86. The van der Waals surface area contributed by atoms with Crippen LogP contribution in [-0.2, 0) is 9.53 Å². The zero-order chi connectivity index (χ0) is 9.68. The Morgan fingerprint density at radius 1 is 1.54 bits per heavy atom. The van der Waals surface area contributed by atoms with Gasteiger partial charge in [0.15, 0.2) is 0 Å². The standard InChI is InChI=1S/C10H11NO2/c1-8-3-4-9(7-11-8)5-6-10(12)13-2/h3-7H,1-2H3/b6-5+. The van der Waals surface area contributed by atoms with E-state index in [4.69, 9.17) is 0 Å². The first-order chi connectivity index (χ1) is 6.22. The molecule has 13 heavy (non-hydrogen) atoms. The number of hydrogen-bond acceptors (Lipinski definition) is 3. The molecule has 1 aromatic rings.